The highest BCUT2D eigenvalue weighted by Crippen LogP contribution is 2.22. The van der Waals surface area contributed by atoms with E-state index in [9.17, 15) is 9.59 Å². The Hall–Kier alpha value is -1.57. The second-order valence-electron chi connectivity index (χ2n) is 8.04. The van der Waals surface area contributed by atoms with Crippen molar-refractivity contribution < 1.29 is 9.53 Å². The second kappa shape index (κ2) is 9.49. The summed E-state index contributed by atoms with van der Waals surface area (Å²) in [5.41, 5.74) is 0.475. The number of benzene rings is 1. The summed E-state index contributed by atoms with van der Waals surface area (Å²) in [6, 6.07) is 5.12. The monoisotopic (exact) mass is 437 g/mol. The first-order valence-corrected chi connectivity index (χ1v) is 11.4. The standard InChI is InChI=1S/C21H28ClN3O3S/c1-13(2)7-8-25-20(27)17-6-5-16(22)9-18(17)23-21(25)29-12-19(26)24-10-14(3)28-15(4)11-24/h5-6,9,13-15H,7-8,10-12H2,1-4H3. The van der Waals surface area contributed by atoms with E-state index < -0.39 is 0 Å². The van der Waals surface area contributed by atoms with Gasteiger partial charge < -0.3 is 9.64 Å². The Morgan fingerprint density at radius 2 is 2.00 bits per heavy atom. The van der Waals surface area contributed by atoms with Crippen LogP contribution in [-0.2, 0) is 16.1 Å². The minimum Gasteiger partial charge on any atom is -0.372 e. The van der Waals surface area contributed by atoms with Crippen LogP contribution >= 0.6 is 23.4 Å². The van der Waals surface area contributed by atoms with Crippen LogP contribution in [0.1, 0.15) is 34.1 Å². The van der Waals surface area contributed by atoms with Crippen molar-refractivity contribution in [3.8, 4) is 0 Å². The van der Waals surface area contributed by atoms with Crippen molar-refractivity contribution in [2.75, 3.05) is 18.8 Å². The van der Waals surface area contributed by atoms with E-state index in [2.05, 4.69) is 18.8 Å². The van der Waals surface area contributed by atoms with Gasteiger partial charge in [0.15, 0.2) is 5.16 Å². The number of ether oxygens (including phenoxy) is 1. The van der Waals surface area contributed by atoms with Crippen LogP contribution in [0.4, 0.5) is 0 Å². The van der Waals surface area contributed by atoms with Crippen LogP contribution in [0, 0.1) is 5.92 Å². The normalized spacial score (nSPS) is 19.9. The van der Waals surface area contributed by atoms with Gasteiger partial charge in [0.1, 0.15) is 0 Å². The number of thioether (sulfide) groups is 1. The Morgan fingerprint density at radius 1 is 1.31 bits per heavy atom. The fourth-order valence-corrected chi connectivity index (χ4v) is 4.56. The molecule has 2 aromatic rings. The number of hydrogen-bond donors (Lipinski definition) is 0. The number of carbonyl (C=O) groups excluding carboxylic acids is 1. The quantitative estimate of drug-likeness (QED) is 0.507. The van der Waals surface area contributed by atoms with Crippen molar-refractivity contribution in [2.24, 2.45) is 5.92 Å². The Bertz CT molecular complexity index is 937. The van der Waals surface area contributed by atoms with Gasteiger partial charge in [0.2, 0.25) is 5.91 Å². The van der Waals surface area contributed by atoms with E-state index in [1.54, 1.807) is 22.8 Å². The fourth-order valence-electron chi connectivity index (χ4n) is 3.47. The maximum Gasteiger partial charge on any atom is 0.262 e. The fraction of sp³-hybridized carbons (Fsp3) is 0.571. The van der Waals surface area contributed by atoms with E-state index in [1.807, 2.05) is 18.7 Å². The molecule has 6 nitrogen and oxygen atoms in total. The summed E-state index contributed by atoms with van der Waals surface area (Å²) >= 11 is 7.41. The molecule has 1 aliphatic rings. The van der Waals surface area contributed by atoms with Gasteiger partial charge in [0.25, 0.3) is 5.56 Å². The molecule has 2 atom stereocenters. The predicted octanol–water partition coefficient (Wildman–Crippen LogP) is 3.82. The van der Waals surface area contributed by atoms with Gasteiger partial charge in [-0.15, -0.1) is 0 Å². The van der Waals surface area contributed by atoms with Gasteiger partial charge in [0, 0.05) is 24.7 Å². The van der Waals surface area contributed by atoms with Crippen molar-refractivity contribution in [1.29, 1.82) is 0 Å². The SMILES string of the molecule is CC(C)CCn1c(SCC(=O)N2CC(C)OC(C)C2)nc2cc(Cl)ccc2c1=O. The molecule has 1 amide bonds. The molecule has 2 heterocycles. The molecule has 2 unspecified atom stereocenters. The minimum absolute atomic E-state index is 0.0258. The van der Waals surface area contributed by atoms with Gasteiger partial charge in [-0.25, -0.2) is 4.98 Å². The lowest BCUT2D eigenvalue weighted by Gasteiger charge is -2.35. The molecule has 1 aliphatic heterocycles. The van der Waals surface area contributed by atoms with Crippen LogP contribution in [0.3, 0.4) is 0 Å². The van der Waals surface area contributed by atoms with E-state index in [0.717, 1.165) is 6.42 Å². The van der Waals surface area contributed by atoms with Crippen molar-refractivity contribution in [3.63, 3.8) is 0 Å². The highest BCUT2D eigenvalue weighted by Gasteiger charge is 2.26. The van der Waals surface area contributed by atoms with Gasteiger partial charge in [-0.1, -0.05) is 37.2 Å². The number of nitrogens with zero attached hydrogens (tertiary/aromatic N) is 3. The smallest absolute Gasteiger partial charge is 0.262 e. The number of rotatable bonds is 6. The first-order chi connectivity index (χ1) is 13.7. The highest BCUT2D eigenvalue weighted by atomic mass is 35.5. The summed E-state index contributed by atoms with van der Waals surface area (Å²) < 4.78 is 7.40. The molecule has 8 heteroatoms. The zero-order chi connectivity index (χ0) is 21.1. The molecule has 1 aromatic carbocycles. The average Bonchev–Trinajstić information content (AvgIpc) is 2.64. The molecule has 0 aliphatic carbocycles. The van der Waals surface area contributed by atoms with Gasteiger partial charge >= 0.3 is 0 Å². The van der Waals surface area contributed by atoms with E-state index in [4.69, 9.17) is 16.3 Å². The molecule has 3 rings (SSSR count). The van der Waals surface area contributed by atoms with Crippen LogP contribution in [0.25, 0.3) is 10.9 Å². The van der Waals surface area contributed by atoms with Crippen molar-refractivity contribution in [1.82, 2.24) is 14.5 Å². The van der Waals surface area contributed by atoms with Crippen LogP contribution in [0.5, 0.6) is 0 Å². The average molecular weight is 438 g/mol. The lowest BCUT2D eigenvalue weighted by Crippen LogP contribution is -2.48. The molecule has 0 radical (unpaired) electrons. The number of amides is 1. The summed E-state index contributed by atoms with van der Waals surface area (Å²) in [5, 5.41) is 1.64. The zero-order valence-electron chi connectivity index (χ0n) is 17.4. The zero-order valence-corrected chi connectivity index (χ0v) is 18.9. The van der Waals surface area contributed by atoms with E-state index >= 15 is 0 Å². The maximum atomic E-state index is 13.1. The summed E-state index contributed by atoms with van der Waals surface area (Å²) in [6.07, 6.45) is 0.913. The minimum atomic E-state index is -0.0871. The molecular formula is C21H28ClN3O3S. The van der Waals surface area contributed by atoms with Gasteiger partial charge in [-0.05, 0) is 44.4 Å². The molecule has 0 spiro atoms. The van der Waals surface area contributed by atoms with E-state index in [0.29, 0.717) is 46.6 Å². The summed E-state index contributed by atoms with van der Waals surface area (Å²) in [4.78, 5) is 32.3. The molecule has 0 N–H and O–H groups in total. The maximum absolute atomic E-state index is 13.1. The predicted molar refractivity (Wildman–Crippen MR) is 118 cm³/mol. The van der Waals surface area contributed by atoms with Crippen molar-refractivity contribution in [3.05, 3.63) is 33.6 Å². The Kier molecular flexibility index (Phi) is 7.24. The Morgan fingerprint density at radius 3 is 2.66 bits per heavy atom. The molecule has 29 heavy (non-hydrogen) atoms. The first kappa shape index (κ1) is 22.1. The van der Waals surface area contributed by atoms with E-state index in [-0.39, 0.29) is 29.4 Å². The molecule has 1 aromatic heterocycles. The lowest BCUT2D eigenvalue weighted by molar-refractivity contribution is -0.140. The topological polar surface area (TPSA) is 64.4 Å². The third-order valence-corrected chi connectivity index (χ3v) is 6.11. The van der Waals surface area contributed by atoms with Crippen LogP contribution in [-0.4, -0.2) is 51.4 Å². The van der Waals surface area contributed by atoms with Crippen molar-refractivity contribution in [2.45, 2.75) is 58.0 Å². The number of carbonyl (C=O) groups is 1. The summed E-state index contributed by atoms with van der Waals surface area (Å²) in [5.74, 6) is 0.728. The molecule has 158 valence electrons. The Labute approximate surface area is 180 Å². The largest absolute Gasteiger partial charge is 0.372 e. The third-order valence-electron chi connectivity index (χ3n) is 4.91. The summed E-state index contributed by atoms with van der Waals surface area (Å²) in [6.45, 7) is 9.94. The van der Waals surface area contributed by atoms with Crippen molar-refractivity contribution >= 4 is 40.2 Å². The molecular weight excluding hydrogens is 410 g/mol. The van der Waals surface area contributed by atoms with Crippen LogP contribution in [0.2, 0.25) is 5.02 Å². The number of fused-ring (bicyclic) bond motifs is 1. The molecule has 0 saturated carbocycles. The third kappa shape index (κ3) is 5.53. The van der Waals surface area contributed by atoms with Gasteiger partial charge in [0.05, 0.1) is 28.9 Å². The first-order valence-electron chi connectivity index (χ1n) is 10.0. The van der Waals surface area contributed by atoms with Gasteiger partial charge in [-0.2, -0.15) is 0 Å². The summed E-state index contributed by atoms with van der Waals surface area (Å²) in [7, 11) is 0. The number of hydrogen-bond acceptors (Lipinski definition) is 5. The number of halogens is 1. The molecule has 1 saturated heterocycles. The molecule has 0 bridgehead atoms. The number of aromatic nitrogens is 2. The van der Waals surface area contributed by atoms with Crippen LogP contribution in [0.15, 0.2) is 28.2 Å². The Balaban J connectivity index is 1.85. The second-order valence-corrected chi connectivity index (χ2v) is 9.42. The number of morpholine rings is 1. The molecule has 1 fully saturated rings. The highest BCUT2D eigenvalue weighted by molar-refractivity contribution is 7.99. The van der Waals surface area contributed by atoms with Gasteiger partial charge in [-0.3, -0.25) is 14.2 Å². The van der Waals surface area contributed by atoms with E-state index in [1.165, 1.54) is 11.8 Å². The van der Waals surface area contributed by atoms with Crippen LogP contribution < -0.4 is 5.56 Å². The lowest BCUT2D eigenvalue weighted by atomic mass is 10.1.